The van der Waals surface area contributed by atoms with Crippen molar-refractivity contribution < 1.29 is 19.3 Å². The zero-order valence-corrected chi connectivity index (χ0v) is 15.5. The second kappa shape index (κ2) is 6.28. The summed E-state index contributed by atoms with van der Waals surface area (Å²) in [6.07, 6.45) is 1.48. The van der Waals surface area contributed by atoms with Crippen LogP contribution in [0, 0.1) is 0 Å². The van der Waals surface area contributed by atoms with Crippen molar-refractivity contribution in [1.29, 1.82) is 0 Å². The molecule has 0 fully saturated rings. The van der Waals surface area contributed by atoms with Gasteiger partial charge in [-0.3, -0.25) is 0 Å². The SMILES string of the molecule is COc1cc(C2CC(O)Oc3c2ccc2cc[nH]c32)cc(Br)c1OC. The molecule has 1 aliphatic rings. The minimum atomic E-state index is -0.863. The smallest absolute Gasteiger partial charge is 0.198 e. The number of nitrogens with one attached hydrogen (secondary N) is 1. The Morgan fingerprint density at radius 3 is 2.80 bits per heavy atom. The molecule has 6 heteroatoms. The first-order valence-corrected chi connectivity index (χ1v) is 8.77. The van der Waals surface area contributed by atoms with Gasteiger partial charge in [0.25, 0.3) is 0 Å². The summed E-state index contributed by atoms with van der Waals surface area (Å²) >= 11 is 3.55. The average molecular weight is 404 g/mol. The summed E-state index contributed by atoms with van der Waals surface area (Å²) in [6, 6.07) is 10.1. The molecule has 0 radical (unpaired) electrons. The summed E-state index contributed by atoms with van der Waals surface area (Å²) in [5, 5.41) is 11.3. The Labute approximate surface area is 153 Å². The predicted molar refractivity (Wildman–Crippen MR) is 98.6 cm³/mol. The number of methoxy groups -OCH3 is 2. The van der Waals surface area contributed by atoms with E-state index in [2.05, 4.69) is 33.0 Å². The van der Waals surface area contributed by atoms with E-state index >= 15 is 0 Å². The minimum absolute atomic E-state index is 0.0115. The van der Waals surface area contributed by atoms with Crippen LogP contribution >= 0.6 is 15.9 Å². The molecule has 0 amide bonds. The molecule has 1 aromatic heterocycles. The Morgan fingerprint density at radius 1 is 1.20 bits per heavy atom. The molecule has 4 rings (SSSR count). The van der Waals surface area contributed by atoms with E-state index in [1.165, 1.54) is 0 Å². The summed E-state index contributed by atoms with van der Waals surface area (Å²) < 4.78 is 17.4. The molecule has 2 aromatic carbocycles. The van der Waals surface area contributed by atoms with Gasteiger partial charge in [0.05, 0.1) is 24.2 Å². The van der Waals surface area contributed by atoms with Crippen LogP contribution in [0.25, 0.3) is 10.9 Å². The fraction of sp³-hybridized carbons (Fsp3) is 0.263. The molecule has 5 nitrogen and oxygen atoms in total. The van der Waals surface area contributed by atoms with Gasteiger partial charge in [-0.15, -0.1) is 0 Å². The molecule has 2 unspecified atom stereocenters. The Bertz CT molecular complexity index is 937. The Morgan fingerprint density at radius 2 is 2.04 bits per heavy atom. The van der Waals surface area contributed by atoms with Crippen molar-refractivity contribution in [3.05, 3.63) is 52.1 Å². The third-order valence-corrected chi connectivity index (χ3v) is 5.22. The highest BCUT2D eigenvalue weighted by Crippen LogP contribution is 2.46. The van der Waals surface area contributed by atoms with Crippen LogP contribution in [0.15, 0.2) is 41.0 Å². The second-order valence-corrected chi connectivity index (χ2v) is 6.88. The first-order valence-electron chi connectivity index (χ1n) is 7.98. The van der Waals surface area contributed by atoms with Crippen LogP contribution in [0.5, 0.6) is 17.2 Å². The van der Waals surface area contributed by atoms with Crippen molar-refractivity contribution in [2.24, 2.45) is 0 Å². The minimum Gasteiger partial charge on any atom is -0.493 e. The van der Waals surface area contributed by atoms with Crippen LogP contribution in [0.4, 0.5) is 0 Å². The molecule has 130 valence electrons. The zero-order valence-electron chi connectivity index (χ0n) is 13.9. The van der Waals surface area contributed by atoms with Gasteiger partial charge in [0, 0.05) is 29.5 Å². The molecule has 2 atom stereocenters. The molecular weight excluding hydrogens is 386 g/mol. The third-order valence-electron chi connectivity index (χ3n) is 4.64. The largest absolute Gasteiger partial charge is 0.493 e. The number of benzene rings is 2. The van der Waals surface area contributed by atoms with Crippen molar-refractivity contribution in [2.75, 3.05) is 14.2 Å². The lowest BCUT2D eigenvalue weighted by atomic mass is 9.85. The number of aromatic amines is 1. The molecule has 0 saturated carbocycles. The zero-order chi connectivity index (χ0) is 17.6. The molecule has 0 bridgehead atoms. The summed E-state index contributed by atoms with van der Waals surface area (Å²) in [4.78, 5) is 3.20. The lowest BCUT2D eigenvalue weighted by Crippen LogP contribution is -2.26. The fourth-order valence-electron chi connectivity index (χ4n) is 3.49. The van der Waals surface area contributed by atoms with Crippen LogP contribution in [0.2, 0.25) is 0 Å². The monoisotopic (exact) mass is 403 g/mol. The number of aliphatic hydroxyl groups is 1. The fourth-order valence-corrected chi connectivity index (χ4v) is 4.11. The molecule has 2 N–H and O–H groups in total. The van der Waals surface area contributed by atoms with Gasteiger partial charge in [-0.1, -0.05) is 12.1 Å². The van der Waals surface area contributed by atoms with Crippen molar-refractivity contribution in [3.63, 3.8) is 0 Å². The standard InChI is InChI=1S/C19H18BrNO4/c1-23-15-8-11(7-14(20)19(15)24-2)13-9-16(22)25-18-12(13)4-3-10-5-6-21-17(10)18/h3-8,13,16,21-22H,9H2,1-2H3. The lowest BCUT2D eigenvalue weighted by molar-refractivity contribution is -0.0348. The van der Waals surface area contributed by atoms with Crippen molar-refractivity contribution in [2.45, 2.75) is 18.6 Å². The third kappa shape index (κ3) is 2.65. The highest BCUT2D eigenvalue weighted by molar-refractivity contribution is 9.10. The number of rotatable bonds is 3. The normalized spacial score (nSPS) is 19.4. The highest BCUT2D eigenvalue weighted by Gasteiger charge is 2.31. The molecule has 25 heavy (non-hydrogen) atoms. The van der Waals surface area contributed by atoms with E-state index in [1.807, 2.05) is 24.4 Å². The van der Waals surface area contributed by atoms with Gasteiger partial charge in [0.2, 0.25) is 0 Å². The first kappa shape index (κ1) is 16.3. The van der Waals surface area contributed by atoms with E-state index in [-0.39, 0.29) is 5.92 Å². The molecule has 1 aliphatic heterocycles. The van der Waals surface area contributed by atoms with Gasteiger partial charge >= 0.3 is 0 Å². The Balaban J connectivity index is 1.88. The topological polar surface area (TPSA) is 63.7 Å². The van der Waals surface area contributed by atoms with E-state index in [4.69, 9.17) is 14.2 Å². The van der Waals surface area contributed by atoms with Gasteiger partial charge in [0.1, 0.15) is 0 Å². The van der Waals surface area contributed by atoms with E-state index in [0.29, 0.717) is 23.7 Å². The highest BCUT2D eigenvalue weighted by atomic mass is 79.9. The Hall–Kier alpha value is -2.18. The summed E-state index contributed by atoms with van der Waals surface area (Å²) in [5.41, 5.74) is 2.97. The van der Waals surface area contributed by atoms with Crippen molar-refractivity contribution in [3.8, 4) is 17.2 Å². The van der Waals surface area contributed by atoms with E-state index in [1.54, 1.807) is 14.2 Å². The van der Waals surface area contributed by atoms with Crippen LogP contribution in [-0.2, 0) is 0 Å². The summed E-state index contributed by atoms with van der Waals surface area (Å²) in [6.45, 7) is 0. The quantitative estimate of drug-likeness (QED) is 0.688. The van der Waals surface area contributed by atoms with Gasteiger partial charge in [-0.05, 0) is 39.7 Å². The predicted octanol–water partition coefficient (Wildman–Crippen LogP) is 4.18. The van der Waals surface area contributed by atoms with Crippen molar-refractivity contribution in [1.82, 2.24) is 4.98 Å². The van der Waals surface area contributed by atoms with Crippen LogP contribution < -0.4 is 14.2 Å². The van der Waals surface area contributed by atoms with E-state index in [0.717, 1.165) is 26.5 Å². The van der Waals surface area contributed by atoms with E-state index < -0.39 is 6.29 Å². The number of H-pyrrole nitrogens is 1. The van der Waals surface area contributed by atoms with Crippen molar-refractivity contribution >= 4 is 26.8 Å². The van der Waals surface area contributed by atoms with E-state index in [9.17, 15) is 5.11 Å². The second-order valence-electron chi connectivity index (χ2n) is 6.02. The van der Waals surface area contributed by atoms with Gasteiger partial charge in [0.15, 0.2) is 23.5 Å². The molecule has 0 saturated heterocycles. The maximum Gasteiger partial charge on any atom is 0.198 e. The number of ether oxygens (including phenoxy) is 3. The molecular formula is C19H18BrNO4. The number of aromatic nitrogens is 1. The molecule has 0 aliphatic carbocycles. The maximum atomic E-state index is 10.3. The van der Waals surface area contributed by atoms with Gasteiger partial charge < -0.3 is 24.3 Å². The number of halogens is 1. The Kier molecular flexibility index (Phi) is 4.09. The van der Waals surface area contributed by atoms with Crippen LogP contribution in [0.1, 0.15) is 23.5 Å². The van der Waals surface area contributed by atoms with Gasteiger partial charge in [-0.2, -0.15) is 0 Å². The van der Waals surface area contributed by atoms with Crippen LogP contribution in [-0.4, -0.2) is 30.6 Å². The molecule has 2 heterocycles. The summed E-state index contributed by atoms with van der Waals surface area (Å²) in [5.74, 6) is 1.99. The number of hydrogen-bond acceptors (Lipinski definition) is 4. The van der Waals surface area contributed by atoms with Gasteiger partial charge in [-0.25, -0.2) is 0 Å². The molecule has 3 aromatic rings. The number of hydrogen-bond donors (Lipinski definition) is 2. The number of fused-ring (bicyclic) bond motifs is 3. The lowest BCUT2D eigenvalue weighted by Gasteiger charge is -2.30. The number of aliphatic hydroxyl groups excluding tert-OH is 1. The summed E-state index contributed by atoms with van der Waals surface area (Å²) in [7, 11) is 3.22. The average Bonchev–Trinajstić information content (AvgIpc) is 3.09. The van der Waals surface area contributed by atoms with Crippen LogP contribution in [0.3, 0.4) is 0 Å². The first-order chi connectivity index (χ1) is 12.1. The molecule has 0 spiro atoms. The maximum absolute atomic E-state index is 10.3.